The maximum Gasteiger partial charge on any atom is 0.494 e. The average Bonchev–Trinajstić information content (AvgIpc) is 3.00. The highest BCUT2D eigenvalue weighted by Gasteiger charge is 2.51. The van der Waals surface area contributed by atoms with Gasteiger partial charge >= 0.3 is 7.12 Å². The molecule has 0 aromatic heterocycles. The van der Waals surface area contributed by atoms with E-state index in [1.54, 1.807) is 0 Å². The Hall–Kier alpha value is -3.05. The topological polar surface area (TPSA) is 18.5 Å². The fourth-order valence-corrected chi connectivity index (χ4v) is 5.65. The van der Waals surface area contributed by atoms with Crippen molar-refractivity contribution in [2.45, 2.75) is 48.7 Å². The monoisotopic (exact) mass is 488 g/mol. The maximum absolute atomic E-state index is 6.20. The molecule has 0 unspecified atom stereocenters. The summed E-state index contributed by atoms with van der Waals surface area (Å²) in [7, 11) is -0.334. The number of hydrogen-bond donors (Lipinski definition) is 0. The lowest BCUT2D eigenvalue weighted by molar-refractivity contribution is 0.00578. The van der Waals surface area contributed by atoms with E-state index in [0.717, 1.165) is 5.46 Å². The molecule has 0 radical (unpaired) electrons. The number of hydrogen-bond acceptors (Lipinski definition) is 3. The molecule has 1 fully saturated rings. The van der Waals surface area contributed by atoms with E-state index in [1.165, 1.54) is 43.2 Å². The third kappa shape index (κ3) is 4.24. The summed E-state index contributed by atoms with van der Waals surface area (Å²) in [4.78, 5) is 2.59. The molecule has 0 bridgehead atoms. The number of fused-ring (bicyclic) bond motifs is 2. The van der Waals surface area contributed by atoms with Crippen LogP contribution in [0.3, 0.4) is 0 Å². The third-order valence-electron chi connectivity index (χ3n) is 7.58. The molecule has 4 aromatic rings. The van der Waals surface area contributed by atoms with Gasteiger partial charge in [0.1, 0.15) is 0 Å². The van der Waals surface area contributed by atoms with Gasteiger partial charge in [-0.05, 0) is 84.7 Å². The first-order valence-corrected chi connectivity index (χ1v) is 13.3. The largest absolute Gasteiger partial charge is 0.494 e. The van der Waals surface area contributed by atoms with Crippen LogP contribution in [0.1, 0.15) is 38.8 Å². The Bertz CT molecular complexity index is 1440. The minimum atomic E-state index is -0.334. The molecule has 0 aliphatic carbocycles. The highest BCUT2D eigenvalue weighted by Crippen LogP contribution is 2.39. The minimum Gasteiger partial charge on any atom is -0.399 e. The Morgan fingerprint density at radius 3 is 1.72 bits per heavy atom. The average molecular weight is 488 g/mol. The molecule has 6 rings (SSSR count). The van der Waals surface area contributed by atoms with Crippen molar-refractivity contribution in [2.24, 2.45) is 0 Å². The van der Waals surface area contributed by atoms with Crippen LogP contribution in [0, 0.1) is 0 Å². The van der Waals surface area contributed by atoms with Gasteiger partial charge in [-0.1, -0.05) is 96.7 Å². The first kappa shape index (κ1) is 23.4. The van der Waals surface area contributed by atoms with Crippen LogP contribution in [0.25, 0.3) is 34.4 Å². The quantitative estimate of drug-likeness (QED) is 0.240. The van der Waals surface area contributed by atoms with Gasteiger partial charge in [-0.25, -0.2) is 0 Å². The van der Waals surface area contributed by atoms with Crippen LogP contribution in [-0.2, 0) is 9.31 Å². The molecule has 0 N–H and O–H groups in total. The molecule has 36 heavy (non-hydrogen) atoms. The Labute approximate surface area is 218 Å². The summed E-state index contributed by atoms with van der Waals surface area (Å²) in [6, 6.07) is 32.7. The molecule has 178 valence electrons. The van der Waals surface area contributed by atoms with Crippen LogP contribution in [0.5, 0.6) is 0 Å². The second kappa shape index (κ2) is 8.81. The molecule has 2 nitrogen and oxygen atoms in total. The number of benzene rings is 4. The van der Waals surface area contributed by atoms with E-state index in [2.05, 4.69) is 131 Å². The Morgan fingerprint density at radius 1 is 0.556 bits per heavy atom. The molecule has 0 saturated carbocycles. The van der Waals surface area contributed by atoms with Crippen LogP contribution in [0.15, 0.2) is 101 Å². The van der Waals surface area contributed by atoms with E-state index < -0.39 is 0 Å². The molecule has 2 aliphatic heterocycles. The standard InChI is InChI=1S/C32H29BO2S/c1-31(2)32(3,4)35-33(34-31)28-18-15-23(16-19-28)22-9-11-24(12-10-22)26-17-20-30-27(21-26)14-13-25-7-5-6-8-29(25)36-30/h5-21H,1-4H3. The zero-order chi connectivity index (χ0) is 24.9. The van der Waals surface area contributed by atoms with Gasteiger partial charge in [0.2, 0.25) is 0 Å². The Morgan fingerprint density at radius 2 is 1.06 bits per heavy atom. The van der Waals surface area contributed by atoms with Crippen LogP contribution >= 0.6 is 11.8 Å². The molecular weight excluding hydrogens is 459 g/mol. The second-order valence-electron chi connectivity index (χ2n) is 10.5. The zero-order valence-corrected chi connectivity index (χ0v) is 21.9. The maximum atomic E-state index is 6.20. The van der Waals surface area contributed by atoms with E-state index in [4.69, 9.17) is 9.31 Å². The van der Waals surface area contributed by atoms with Crippen LogP contribution < -0.4 is 5.46 Å². The number of rotatable bonds is 3. The highest BCUT2D eigenvalue weighted by molar-refractivity contribution is 7.99. The molecular formula is C32H29BO2S. The fourth-order valence-electron chi connectivity index (χ4n) is 4.63. The van der Waals surface area contributed by atoms with Crippen molar-refractivity contribution in [2.75, 3.05) is 0 Å². The summed E-state index contributed by atoms with van der Waals surface area (Å²) in [6.45, 7) is 8.34. The molecule has 0 atom stereocenters. The van der Waals surface area contributed by atoms with Crippen LogP contribution in [0.4, 0.5) is 0 Å². The molecule has 4 aromatic carbocycles. The lowest BCUT2D eigenvalue weighted by Gasteiger charge is -2.32. The molecule has 1 saturated heterocycles. The van der Waals surface area contributed by atoms with E-state index in [1.807, 2.05) is 11.8 Å². The van der Waals surface area contributed by atoms with Gasteiger partial charge in [0.25, 0.3) is 0 Å². The summed E-state index contributed by atoms with van der Waals surface area (Å²) in [5, 5.41) is 0. The first-order valence-electron chi connectivity index (χ1n) is 12.4. The van der Waals surface area contributed by atoms with Crippen LogP contribution in [-0.4, -0.2) is 18.3 Å². The smallest absolute Gasteiger partial charge is 0.399 e. The van der Waals surface area contributed by atoms with Gasteiger partial charge in [-0.2, -0.15) is 0 Å². The van der Waals surface area contributed by atoms with Crippen molar-refractivity contribution < 1.29 is 9.31 Å². The molecule has 2 aliphatic rings. The van der Waals surface area contributed by atoms with Crippen molar-refractivity contribution >= 4 is 36.5 Å². The van der Waals surface area contributed by atoms with Crippen molar-refractivity contribution in [1.29, 1.82) is 0 Å². The third-order valence-corrected chi connectivity index (χ3v) is 8.76. The van der Waals surface area contributed by atoms with Crippen molar-refractivity contribution in [3.63, 3.8) is 0 Å². The Balaban J connectivity index is 1.21. The highest BCUT2D eigenvalue weighted by atomic mass is 32.2. The zero-order valence-electron chi connectivity index (χ0n) is 21.1. The van der Waals surface area contributed by atoms with Crippen LogP contribution in [0.2, 0.25) is 0 Å². The summed E-state index contributed by atoms with van der Waals surface area (Å²) in [6.07, 6.45) is 4.45. The van der Waals surface area contributed by atoms with Gasteiger partial charge < -0.3 is 9.31 Å². The van der Waals surface area contributed by atoms with Gasteiger partial charge in [-0.15, -0.1) is 0 Å². The van der Waals surface area contributed by atoms with Crippen molar-refractivity contribution in [3.05, 3.63) is 102 Å². The van der Waals surface area contributed by atoms with Gasteiger partial charge in [-0.3, -0.25) is 0 Å². The predicted molar refractivity (Wildman–Crippen MR) is 153 cm³/mol. The first-order chi connectivity index (χ1) is 17.3. The second-order valence-corrected chi connectivity index (χ2v) is 11.6. The summed E-state index contributed by atoms with van der Waals surface area (Å²) < 4.78 is 12.4. The van der Waals surface area contributed by atoms with Gasteiger partial charge in [0.15, 0.2) is 0 Å². The SMILES string of the molecule is CC1(C)OB(c2ccc(-c3ccc(-c4ccc5c(c4)C=Cc4ccccc4S5)cc3)cc2)OC1(C)C. The van der Waals surface area contributed by atoms with E-state index in [-0.39, 0.29) is 18.3 Å². The van der Waals surface area contributed by atoms with E-state index in [0.29, 0.717) is 0 Å². The molecule has 0 amide bonds. The minimum absolute atomic E-state index is 0.333. The van der Waals surface area contributed by atoms with E-state index in [9.17, 15) is 0 Å². The molecule has 2 heterocycles. The predicted octanol–water partition coefficient (Wildman–Crippen LogP) is 7.95. The lowest BCUT2D eigenvalue weighted by atomic mass is 9.78. The summed E-state index contributed by atoms with van der Waals surface area (Å²) in [5.74, 6) is 0. The summed E-state index contributed by atoms with van der Waals surface area (Å²) >= 11 is 1.84. The van der Waals surface area contributed by atoms with Crippen molar-refractivity contribution in [1.82, 2.24) is 0 Å². The van der Waals surface area contributed by atoms with E-state index >= 15 is 0 Å². The lowest BCUT2D eigenvalue weighted by Crippen LogP contribution is -2.41. The Kier molecular flexibility index (Phi) is 5.72. The van der Waals surface area contributed by atoms with Gasteiger partial charge in [0, 0.05) is 9.79 Å². The van der Waals surface area contributed by atoms with Gasteiger partial charge in [0.05, 0.1) is 11.2 Å². The normalized spacial score (nSPS) is 17.4. The summed E-state index contributed by atoms with van der Waals surface area (Å²) in [5.41, 5.74) is 7.74. The van der Waals surface area contributed by atoms with Crippen molar-refractivity contribution in [3.8, 4) is 22.3 Å². The molecule has 0 spiro atoms. The fraction of sp³-hybridized carbons (Fsp3) is 0.188. The molecule has 4 heteroatoms.